The summed E-state index contributed by atoms with van der Waals surface area (Å²) in [4.78, 5) is 11.4. The minimum Gasteiger partial charge on any atom is -0.481 e. The Hall–Kier alpha value is -1.02. The Morgan fingerprint density at radius 1 is 1.29 bits per heavy atom. The molecule has 1 atom stereocenters. The number of rotatable bonds is 6. The second-order valence-electron chi connectivity index (χ2n) is 4.33. The van der Waals surface area contributed by atoms with Crippen LogP contribution in [-0.2, 0) is 4.79 Å². The average Bonchev–Trinajstić information content (AvgIpc) is 2.32. The Kier molecular flexibility index (Phi) is 5.49. The summed E-state index contributed by atoms with van der Waals surface area (Å²) in [6.07, 6.45) is 2.67. The van der Waals surface area contributed by atoms with Crippen molar-refractivity contribution in [3.8, 4) is 0 Å². The largest absolute Gasteiger partial charge is 0.481 e. The van der Waals surface area contributed by atoms with E-state index >= 15 is 0 Å². The first kappa shape index (κ1) is 14.0. The van der Waals surface area contributed by atoms with Crippen molar-refractivity contribution in [3.05, 3.63) is 34.9 Å². The van der Waals surface area contributed by atoms with Gasteiger partial charge in [-0.25, -0.2) is 0 Å². The number of hydrogen-bond acceptors (Lipinski definition) is 1. The van der Waals surface area contributed by atoms with E-state index in [0.717, 1.165) is 18.4 Å². The number of aliphatic carboxylic acids is 1. The zero-order valence-electron chi connectivity index (χ0n) is 10.3. The van der Waals surface area contributed by atoms with Crippen molar-refractivity contribution in [2.45, 2.75) is 39.0 Å². The van der Waals surface area contributed by atoms with E-state index in [1.54, 1.807) is 6.07 Å². The minimum atomic E-state index is -0.787. The highest BCUT2D eigenvalue weighted by Gasteiger charge is 2.24. The van der Waals surface area contributed by atoms with Gasteiger partial charge in [0.1, 0.15) is 0 Å². The molecule has 94 valence electrons. The van der Waals surface area contributed by atoms with Crippen molar-refractivity contribution in [2.24, 2.45) is 5.92 Å². The fourth-order valence-electron chi connectivity index (χ4n) is 2.07. The lowest BCUT2D eigenvalue weighted by Crippen LogP contribution is -2.16. The average molecular weight is 255 g/mol. The van der Waals surface area contributed by atoms with Gasteiger partial charge in [0, 0.05) is 5.02 Å². The zero-order chi connectivity index (χ0) is 12.8. The fraction of sp³-hybridized carbons (Fsp3) is 0.500. The number of carboxylic acid groups (broad SMARTS) is 1. The van der Waals surface area contributed by atoms with Crippen molar-refractivity contribution in [1.29, 1.82) is 0 Å². The van der Waals surface area contributed by atoms with Gasteiger partial charge in [-0.15, -0.1) is 0 Å². The van der Waals surface area contributed by atoms with Crippen LogP contribution in [0.2, 0.25) is 5.02 Å². The summed E-state index contributed by atoms with van der Waals surface area (Å²) in [5.41, 5.74) is 0.730. The second kappa shape index (κ2) is 6.65. The summed E-state index contributed by atoms with van der Waals surface area (Å²) in [5.74, 6) is -0.842. The van der Waals surface area contributed by atoms with Gasteiger partial charge in [0.15, 0.2) is 0 Å². The van der Waals surface area contributed by atoms with Gasteiger partial charge in [-0.05, 0) is 24.0 Å². The van der Waals surface area contributed by atoms with E-state index in [9.17, 15) is 9.90 Å². The molecule has 1 aromatic rings. The summed E-state index contributed by atoms with van der Waals surface area (Å²) >= 11 is 6.07. The minimum absolute atomic E-state index is 0.437. The van der Waals surface area contributed by atoms with Crippen molar-refractivity contribution in [2.75, 3.05) is 0 Å². The molecule has 0 aliphatic carbocycles. The summed E-state index contributed by atoms with van der Waals surface area (Å²) < 4.78 is 0. The van der Waals surface area contributed by atoms with Gasteiger partial charge in [-0.3, -0.25) is 4.79 Å². The zero-order valence-corrected chi connectivity index (χ0v) is 11.1. The molecular formula is C14H19ClO2. The highest BCUT2D eigenvalue weighted by Crippen LogP contribution is 2.31. The lowest BCUT2D eigenvalue weighted by molar-refractivity contribution is -0.139. The van der Waals surface area contributed by atoms with E-state index in [1.165, 1.54) is 0 Å². The topological polar surface area (TPSA) is 37.3 Å². The number of hydrogen-bond donors (Lipinski definition) is 1. The van der Waals surface area contributed by atoms with E-state index in [2.05, 4.69) is 13.8 Å². The van der Waals surface area contributed by atoms with E-state index in [4.69, 9.17) is 11.6 Å². The van der Waals surface area contributed by atoms with Crippen LogP contribution < -0.4 is 0 Å². The molecule has 0 bridgehead atoms. The van der Waals surface area contributed by atoms with Crippen LogP contribution in [0, 0.1) is 5.92 Å². The van der Waals surface area contributed by atoms with Crippen LogP contribution >= 0.6 is 11.6 Å². The van der Waals surface area contributed by atoms with Crippen LogP contribution in [-0.4, -0.2) is 11.1 Å². The van der Waals surface area contributed by atoms with Crippen molar-refractivity contribution in [3.63, 3.8) is 0 Å². The summed E-state index contributed by atoms with van der Waals surface area (Å²) in [5, 5.41) is 9.88. The monoisotopic (exact) mass is 254 g/mol. The Morgan fingerprint density at radius 2 is 1.88 bits per heavy atom. The molecule has 0 aromatic heterocycles. The molecule has 0 saturated carbocycles. The molecule has 0 amide bonds. The van der Waals surface area contributed by atoms with E-state index in [1.807, 2.05) is 18.2 Å². The van der Waals surface area contributed by atoms with Crippen LogP contribution in [0.1, 0.15) is 44.6 Å². The lowest BCUT2D eigenvalue weighted by atomic mass is 9.86. The standard InChI is InChI=1S/C14H19ClO2/c1-3-10(4-2)9-12(14(16)17)11-7-5-6-8-13(11)15/h5-8,10,12H,3-4,9H2,1-2H3,(H,16,17). The lowest BCUT2D eigenvalue weighted by Gasteiger charge is -2.19. The predicted octanol–water partition coefficient (Wildman–Crippen LogP) is 4.33. The van der Waals surface area contributed by atoms with Crippen LogP contribution in [0.15, 0.2) is 24.3 Å². The Labute approximate surface area is 108 Å². The second-order valence-corrected chi connectivity index (χ2v) is 4.74. The van der Waals surface area contributed by atoms with Crippen LogP contribution in [0.3, 0.4) is 0 Å². The molecule has 0 spiro atoms. The van der Waals surface area contributed by atoms with Gasteiger partial charge in [-0.2, -0.15) is 0 Å². The molecule has 2 nitrogen and oxygen atoms in total. The van der Waals surface area contributed by atoms with Gasteiger partial charge in [0.25, 0.3) is 0 Å². The van der Waals surface area contributed by atoms with Gasteiger partial charge >= 0.3 is 5.97 Å². The van der Waals surface area contributed by atoms with Crippen LogP contribution in [0.5, 0.6) is 0 Å². The molecule has 17 heavy (non-hydrogen) atoms. The Bertz CT molecular complexity index is 372. The first-order valence-electron chi connectivity index (χ1n) is 6.07. The van der Waals surface area contributed by atoms with Crippen molar-refractivity contribution < 1.29 is 9.90 Å². The number of halogens is 1. The SMILES string of the molecule is CCC(CC)CC(C(=O)O)c1ccccc1Cl. The highest BCUT2D eigenvalue weighted by molar-refractivity contribution is 6.31. The van der Waals surface area contributed by atoms with Crippen molar-refractivity contribution in [1.82, 2.24) is 0 Å². The maximum Gasteiger partial charge on any atom is 0.311 e. The molecule has 0 fully saturated rings. The maximum atomic E-state index is 11.4. The first-order chi connectivity index (χ1) is 8.10. The number of carboxylic acids is 1. The van der Waals surface area contributed by atoms with Gasteiger partial charge < -0.3 is 5.11 Å². The summed E-state index contributed by atoms with van der Waals surface area (Å²) in [7, 11) is 0. The van der Waals surface area contributed by atoms with Gasteiger partial charge in [0.2, 0.25) is 0 Å². The summed E-state index contributed by atoms with van der Waals surface area (Å²) in [6.45, 7) is 4.19. The molecule has 0 saturated heterocycles. The number of carbonyl (C=O) groups is 1. The molecule has 1 unspecified atom stereocenters. The molecular weight excluding hydrogens is 236 g/mol. The molecule has 1 rings (SSSR count). The van der Waals surface area contributed by atoms with E-state index in [0.29, 0.717) is 17.4 Å². The smallest absolute Gasteiger partial charge is 0.311 e. The molecule has 0 heterocycles. The molecule has 1 aromatic carbocycles. The summed E-state index contributed by atoms with van der Waals surface area (Å²) in [6, 6.07) is 7.22. The molecule has 0 aliphatic rings. The molecule has 3 heteroatoms. The van der Waals surface area contributed by atoms with Crippen molar-refractivity contribution >= 4 is 17.6 Å². The van der Waals surface area contributed by atoms with Crippen LogP contribution in [0.4, 0.5) is 0 Å². The fourth-order valence-corrected chi connectivity index (χ4v) is 2.34. The highest BCUT2D eigenvalue weighted by atomic mass is 35.5. The Balaban J connectivity index is 2.94. The van der Waals surface area contributed by atoms with Gasteiger partial charge in [0.05, 0.1) is 5.92 Å². The third-order valence-corrected chi connectivity index (χ3v) is 3.65. The maximum absolute atomic E-state index is 11.4. The number of benzene rings is 1. The Morgan fingerprint density at radius 3 is 2.35 bits per heavy atom. The van der Waals surface area contributed by atoms with E-state index < -0.39 is 11.9 Å². The normalized spacial score (nSPS) is 12.7. The molecule has 0 radical (unpaired) electrons. The quantitative estimate of drug-likeness (QED) is 0.820. The first-order valence-corrected chi connectivity index (χ1v) is 6.45. The third-order valence-electron chi connectivity index (χ3n) is 3.30. The third kappa shape index (κ3) is 3.74. The molecule has 0 aliphatic heterocycles. The molecule has 1 N–H and O–H groups in total. The van der Waals surface area contributed by atoms with Gasteiger partial charge in [-0.1, -0.05) is 56.5 Å². The van der Waals surface area contributed by atoms with E-state index in [-0.39, 0.29) is 0 Å². The van der Waals surface area contributed by atoms with Crippen LogP contribution in [0.25, 0.3) is 0 Å². The predicted molar refractivity (Wildman–Crippen MR) is 70.5 cm³/mol.